The number of carboxylic acids is 1. The number of aliphatic carboxylic acids is 1. The van der Waals surface area contributed by atoms with E-state index in [2.05, 4.69) is 16.0 Å². The molecular weight excluding hydrogens is 719 g/mol. The number of ether oxygens (including phenoxy) is 2. The van der Waals surface area contributed by atoms with E-state index in [9.17, 15) is 33.6 Å². The van der Waals surface area contributed by atoms with Crippen LogP contribution < -0.4 is 16.0 Å². The first-order valence-electron chi connectivity index (χ1n) is 17.7. The van der Waals surface area contributed by atoms with Crippen LogP contribution in [0.2, 0.25) is 0 Å². The zero-order valence-corrected chi connectivity index (χ0v) is 30.9. The Morgan fingerprint density at radius 1 is 0.796 bits per heavy atom. The highest BCUT2D eigenvalue weighted by Gasteiger charge is 2.41. The minimum atomic E-state index is -2.99. The molecule has 54 heavy (non-hydrogen) atoms. The molecule has 1 heterocycles. The smallest absolute Gasteiger partial charge is 0.480 e. The lowest BCUT2D eigenvalue weighted by atomic mass is 10.1. The topological polar surface area (TPSA) is 199 Å². The lowest BCUT2D eigenvalue weighted by Gasteiger charge is -2.23. The van der Waals surface area contributed by atoms with Gasteiger partial charge in [0.15, 0.2) is 12.3 Å². The molecule has 2 unspecified atom stereocenters. The molecule has 4 rings (SSSR count). The van der Waals surface area contributed by atoms with Gasteiger partial charge in [-0.2, -0.15) is 0 Å². The Bertz CT molecular complexity index is 1680. The van der Waals surface area contributed by atoms with E-state index >= 15 is 0 Å². The number of hydrogen-bond acceptors (Lipinski definition) is 10. The average Bonchev–Trinajstić information content (AvgIpc) is 3.67. The molecule has 1 aliphatic rings. The summed E-state index contributed by atoms with van der Waals surface area (Å²) >= 11 is 0. The van der Waals surface area contributed by atoms with Gasteiger partial charge in [-0.1, -0.05) is 95.5 Å². The number of amides is 4. The highest BCUT2D eigenvalue weighted by atomic mass is 31.1. The van der Waals surface area contributed by atoms with Crippen molar-refractivity contribution in [3.8, 4) is 0 Å². The Morgan fingerprint density at radius 3 is 1.96 bits per heavy atom. The summed E-state index contributed by atoms with van der Waals surface area (Å²) in [5.41, 5.74) is 2.31. The second-order valence-corrected chi connectivity index (χ2v) is 13.4. The maximum Gasteiger partial charge on any atom is 0.700 e. The van der Waals surface area contributed by atoms with E-state index in [1.54, 1.807) is 54.6 Å². The number of nitrogens with one attached hydrogen (secondary N) is 3. The second kappa shape index (κ2) is 22.0. The van der Waals surface area contributed by atoms with E-state index in [0.717, 1.165) is 11.1 Å². The lowest BCUT2D eigenvalue weighted by molar-refractivity contribution is -0.151. The number of carbonyl (C=O) groups excluding carboxylic acids is 4. The van der Waals surface area contributed by atoms with Gasteiger partial charge in [0, 0.05) is 24.1 Å². The molecule has 3 aromatic carbocycles. The largest absolute Gasteiger partial charge is 0.700 e. The summed E-state index contributed by atoms with van der Waals surface area (Å²) in [5, 5.41) is 17.4. The van der Waals surface area contributed by atoms with Gasteiger partial charge in [0.25, 0.3) is 5.91 Å². The van der Waals surface area contributed by atoms with Crippen LogP contribution in [0.3, 0.4) is 0 Å². The molecule has 1 aliphatic heterocycles. The Balaban J connectivity index is 1.36. The number of likely N-dealkylation sites (tertiary alicyclic amines) is 1. The first kappa shape index (κ1) is 41.4. The van der Waals surface area contributed by atoms with Crippen molar-refractivity contribution < 1.29 is 52.2 Å². The van der Waals surface area contributed by atoms with Crippen molar-refractivity contribution in [2.75, 3.05) is 13.1 Å². The third kappa shape index (κ3) is 14.2. The van der Waals surface area contributed by atoms with Crippen molar-refractivity contribution >= 4 is 38.2 Å². The van der Waals surface area contributed by atoms with Gasteiger partial charge >= 0.3 is 26.4 Å². The number of benzene rings is 3. The fraction of sp³-hybridized carbons (Fsp3) is 0.395. The molecule has 15 nitrogen and oxygen atoms in total. The van der Waals surface area contributed by atoms with Crippen LogP contribution in [0.1, 0.15) is 55.7 Å². The van der Waals surface area contributed by atoms with Crippen LogP contribution in [0.25, 0.3) is 0 Å². The molecule has 0 aliphatic carbocycles. The summed E-state index contributed by atoms with van der Waals surface area (Å²) in [6.45, 7) is 1.91. The number of alkyl carbamates (subject to hydrolysis) is 2. The van der Waals surface area contributed by atoms with Gasteiger partial charge in [-0.15, -0.1) is 4.52 Å². The van der Waals surface area contributed by atoms with Crippen LogP contribution >= 0.6 is 8.25 Å². The SMILES string of the molecule is CC(O[P+](=O)O[C@@H](Cc1ccccc1)NC(=O)[C@H](CCCCNC(=O)OCc1ccccc1)NC(=O)OCc1ccccc1)C(=O)N1CCC[C@H]1C(=O)O. The van der Waals surface area contributed by atoms with Crippen LogP contribution in [-0.2, 0) is 57.1 Å². The predicted molar refractivity (Wildman–Crippen MR) is 196 cm³/mol. The molecule has 5 atom stereocenters. The van der Waals surface area contributed by atoms with Gasteiger partial charge in [0.1, 0.15) is 25.3 Å². The second-order valence-electron chi connectivity index (χ2n) is 12.5. The van der Waals surface area contributed by atoms with Crippen LogP contribution in [-0.4, -0.2) is 77.5 Å². The molecule has 0 spiro atoms. The zero-order chi connectivity index (χ0) is 38.7. The van der Waals surface area contributed by atoms with E-state index in [0.29, 0.717) is 31.2 Å². The summed E-state index contributed by atoms with van der Waals surface area (Å²) in [6.07, 6.45) is -2.12. The fourth-order valence-corrected chi connectivity index (χ4v) is 6.37. The summed E-state index contributed by atoms with van der Waals surface area (Å²) < 4.78 is 34.7. The zero-order valence-electron chi connectivity index (χ0n) is 30.0. The number of unbranched alkanes of at least 4 members (excludes halogenated alkanes) is 1. The molecule has 0 saturated carbocycles. The Hall–Kier alpha value is -5.37. The van der Waals surface area contributed by atoms with E-state index in [1.165, 1.54) is 11.8 Å². The molecule has 3 aromatic rings. The average molecular weight is 766 g/mol. The summed E-state index contributed by atoms with van der Waals surface area (Å²) in [5.74, 6) is -2.45. The summed E-state index contributed by atoms with van der Waals surface area (Å²) in [6, 6.07) is 25.0. The third-order valence-electron chi connectivity index (χ3n) is 8.42. The molecule has 4 amide bonds. The molecule has 288 valence electrons. The number of nitrogens with zero attached hydrogens (tertiary/aromatic N) is 1. The van der Waals surface area contributed by atoms with Crippen molar-refractivity contribution in [2.45, 2.75) is 83.1 Å². The van der Waals surface area contributed by atoms with Crippen molar-refractivity contribution in [3.63, 3.8) is 0 Å². The molecular formula is C38H46N4O11P+. The highest BCUT2D eigenvalue weighted by molar-refractivity contribution is 7.33. The van der Waals surface area contributed by atoms with E-state index in [1.807, 2.05) is 36.4 Å². The number of hydrogen-bond donors (Lipinski definition) is 4. The molecule has 0 aromatic heterocycles. The van der Waals surface area contributed by atoms with Gasteiger partial charge < -0.3 is 35.4 Å². The van der Waals surface area contributed by atoms with Gasteiger partial charge in [-0.05, 0) is 55.7 Å². The van der Waals surface area contributed by atoms with Gasteiger partial charge in [0.05, 0.1) is 0 Å². The lowest BCUT2D eigenvalue weighted by Crippen LogP contribution is -2.50. The van der Waals surface area contributed by atoms with Crippen LogP contribution in [0, 0.1) is 0 Å². The monoisotopic (exact) mass is 765 g/mol. The van der Waals surface area contributed by atoms with Crippen molar-refractivity contribution in [2.24, 2.45) is 0 Å². The normalized spacial score (nSPS) is 15.6. The predicted octanol–water partition coefficient (Wildman–Crippen LogP) is 5.22. The molecule has 1 fully saturated rings. The minimum absolute atomic E-state index is 0.0326. The van der Waals surface area contributed by atoms with Gasteiger partial charge in [-0.25, -0.2) is 14.4 Å². The molecule has 0 radical (unpaired) electrons. The molecule has 0 bridgehead atoms. The fourth-order valence-electron chi connectivity index (χ4n) is 5.64. The highest BCUT2D eigenvalue weighted by Crippen LogP contribution is 2.30. The summed E-state index contributed by atoms with van der Waals surface area (Å²) in [4.78, 5) is 64.5. The Kier molecular flexibility index (Phi) is 16.9. The maximum absolute atomic E-state index is 13.7. The molecule has 4 N–H and O–H groups in total. The van der Waals surface area contributed by atoms with E-state index in [-0.39, 0.29) is 39.1 Å². The Morgan fingerprint density at radius 2 is 1.37 bits per heavy atom. The van der Waals surface area contributed by atoms with E-state index in [4.69, 9.17) is 18.5 Å². The summed E-state index contributed by atoms with van der Waals surface area (Å²) in [7, 11) is -2.99. The number of carboxylic acid groups (broad SMARTS) is 1. The van der Waals surface area contributed by atoms with Crippen molar-refractivity contribution in [1.82, 2.24) is 20.9 Å². The molecule has 1 saturated heterocycles. The van der Waals surface area contributed by atoms with Gasteiger partial charge in [-0.3, -0.25) is 9.59 Å². The first-order chi connectivity index (χ1) is 26.1. The van der Waals surface area contributed by atoms with Crippen LogP contribution in [0.15, 0.2) is 91.0 Å². The maximum atomic E-state index is 13.7. The van der Waals surface area contributed by atoms with Crippen molar-refractivity contribution in [1.29, 1.82) is 0 Å². The van der Waals surface area contributed by atoms with Crippen LogP contribution in [0.5, 0.6) is 0 Å². The molecule has 16 heteroatoms. The number of carbonyl (C=O) groups is 5. The quantitative estimate of drug-likeness (QED) is 0.0669. The third-order valence-corrected chi connectivity index (χ3v) is 9.33. The van der Waals surface area contributed by atoms with Crippen LogP contribution in [0.4, 0.5) is 9.59 Å². The van der Waals surface area contributed by atoms with Crippen molar-refractivity contribution in [3.05, 3.63) is 108 Å². The minimum Gasteiger partial charge on any atom is -0.480 e. The van der Waals surface area contributed by atoms with E-state index < -0.39 is 62.6 Å². The van der Waals surface area contributed by atoms with Gasteiger partial charge in [0.2, 0.25) is 5.91 Å². The number of rotatable bonds is 20. The first-order valence-corrected chi connectivity index (χ1v) is 18.8. The standard InChI is InChI=1S/C38H45N4O11P/c1-27(35(44)42-23-13-21-32(42)36(45)46)52-54(49)53-33(24-28-14-5-2-6-15-28)41-34(43)31(40-38(48)51-26-30-18-9-4-10-19-30)20-11-12-22-39-37(47)50-25-29-16-7-3-8-17-29/h2-10,14-19,27,31-33H,11-13,20-26H2,1H3,(H3-,39,40,41,43,45,46,47,48)/p+1/t27?,31-,32-,33-/m0/s1. The Labute approximate surface area is 314 Å².